The third-order valence-electron chi connectivity index (χ3n) is 3.15. The highest BCUT2D eigenvalue weighted by Crippen LogP contribution is 2.23. The lowest BCUT2D eigenvalue weighted by atomic mass is 10.1. The first-order chi connectivity index (χ1) is 9.19. The number of hydrogen-bond acceptors (Lipinski definition) is 3. The number of imidazole rings is 1. The van der Waals surface area contributed by atoms with Crippen LogP contribution in [0, 0.1) is 6.92 Å². The number of hydrogen-bond donors (Lipinski definition) is 2. The molecule has 0 bridgehead atoms. The van der Waals surface area contributed by atoms with E-state index in [9.17, 15) is 4.79 Å². The number of benzene rings is 1. The van der Waals surface area contributed by atoms with Gasteiger partial charge in [0.1, 0.15) is 11.9 Å². The van der Waals surface area contributed by atoms with Gasteiger partial charge in [-0.05, 0) is 52.8 Å². The fourth-order valence-corrected chi connectivity index (χ4v) is 2.32. The van der Waals surface area contributed by atoms with E-state index in [0.717, 1.165) is 16.9 Å². The number of nitrogens with zero attached hydrogens (tertiary/aromatic N) is 2. The molecular formula is C15H22N4O. The molecule has 1 amide bonds. The van der Waals surface area contributed by atoms with E-state index in [-0.39, 0.29) is 17.5 Å². The van der Waals surface area contributed by atoms with Crippen LogP contribution in [0.4, 0.5) is 5.69 Å². The average molecular weight is 274 g/mol. The molecule has 2 aromatic rings. The van der Waals surface area contributed by atoms with Crippen molar-refractivity contribution in [1.29, 1.82) is 0 Å². The Hall–Kier alpha value is -2.04. The summed E-state index contributed by atoms with van der Waals surface area (Å²) in [6.07, 6.45) is 0. The quantitative estimate of drug-likeness (QED) is 0.826. The van der Waals surface area contributed by atoms with Crippen LogP contribution in [0.15, 0.2) is 18.2 Å². The number of anilines is 1. The first-order valence-electron chi connectivity index (χ1n) is 6.75. The number of rotatable bonds is 2. The Morgan fingerprint density at radius 2 is 2.05 bits per heavy atom. The lowest BCUT2D eigenvalue weighted by Gasteiger charge is -2.24. The Morgan fingerprint density at radius 1 is 1.40 bits per heavy atom. The third kappa shape index (κ3) is 2.76. The summed E-state index contributed by atoms with van der Waals surface area (Å²) >= 11 is 0. The highest BCUT2D eigenvalue weighted by atomic mass is 16.2. The van der Waals surface area contributed by atoms with E-state index in [1.165, 1.54) is 0 Å². The zero-order chi connectivity index (χ0) is 15.1. The topological polar surface area (TPSA) is 72.9 Å². The summed E-state index contributed by atoms with van der Waals surface area (Å²) in [4.78, 5) is 16.8. The zero-order valence-corrected chi connectivity index (χ0v) is 12.7. The fraction of sp³-hybridized carbons (Fsp3) is 0.467. The second-order valence-corrected chi connectivity index (χ2v) is 6.19. The van der Waals surface area contributed by atoms with E-state index in [1.807, 2.05) is 57.4 Å². The first-order valence-corrected chi connectivity index (χ1v) is 6.75. The van der Waals surface area contributed by atoms with Gasteiger partial charge in [-0.3, -0.25) is 4.79 Å². The zero-order valence-electron chi connectivity index (χ0n) is 12.7. The Morgan fingerprint density at radius 3 is 2.65 bits per heavy atom. The smallest absolute Gasteiger partial charge is 0.243 e. The Bertz CT molecular complexity index is 652. The molecule has 5 heteroatoms. The number of amides is 1. The number of nitrogens with one attached hydrogen (secondary N) is 1. The van der Waals surface area contributed by atoms with Gasteiger partial charge in [0.2, 0.25) is 5.91 Å². The van der Waals surface area contributed by atoms with Crippen molar-refractivity contribution in [3.05, 3.63) is 24.0 Å². The van der Waals surface area contributed by atoms with Crippen LogP contribution in [0.25, 0.3) is 11.0 Å². The van der Waals surface area contributed by atoms with Gasteiger partial charge in [0.05, 0.1) is 11.0 Å². The second kappa shape index (κ2) is 4.81. The first kappa shape index (κ1) is 14.4. The lowest BCUT2D eigenvalue weighted by Crippen LogP contribution is -2.43. The summed E-state index contributed by atoms with van der Waals surface area (Å²) in [6.45, 7) is 9.69. The minimum Gasteiger partial charge on any atom is -0.399 e. The maximum Gasteiger partial charge on any atom is 0.243 e. The summed E-state index contributed by atoms with van der Waals surface area (Å²) in [5, 5.41) is 3.00. The molecule has 3 N–H and O–H groups in total. The molecule has 108 valence electrons. The van der Waals surface area contributed by atoms with Crippen LogP contribution in [0.2, 0.25) is 0 Å². The molecule has 0 saturated carbocycles. The number of nitrogen functional groups attached to an aromatic ring is 1. The Kier molecular flexibility index (Phi) is 3.46. The van der Waals surface area contributed by atoms with Gasteiger partial charge < -0.3 is 15.6 Å². The van der Waals surface area contributed by atoms with Gasteiger partial charge in [0.15, 0.2) is 0 Å². The maximum atomic E-state index is 12.3. The highest BCUT2D eigenvalue weighted by Gasteiger charge is 2.23. The van der Waals surface area contributed by atoms with Crippen molar-refractivity contribution in [2.24, 2.45) is 0 Å². The van der Waals surface area contributed by atoms with E-state index in [4.69, 9.17) is 5.73 Å². The van der Waals surface area contributed by atoms with E-state index < -0.39 is 0 Å². The molecule has 0 aliphatic heterocycles. The van der Waals surface area contributed by atoms with E-state index in [2.05, 4.69) is 10.3 Å². The van der Waals surface area contributed by atoms with Crippen LogP contribution in [-0.4, -0.2) is 21.0 Å². The van der Waals surface area contributed by atoms with Crippen LogP contribution < -0.4 is 11.1 Å². The molecule has 0 fully saturated rings. The second-order valence-electron chi connectivity index (χ2n) is 6.19. The van der Waals surface area contributed by atoms with Gasteiger partial charge in [0.25, 0.3) is 0 Å². The molecule has 1 atom stereocenters. The predicted molar refractivity (Wildman–Crippen MR) is 81.5 cm³/mol. The van der Waals surface area contributed by atoms with Gasteiger partial charge >= 0.3 is 0 Å². The van der Waals surface area contributed by atoms with E-state index >= 15 is 0 Å². The standard InChI is InChI=1S/C15H22N4O/c1-9(14(20)18-15(3,4)5)19-10(2)17-12-8-11(16)6-7-13(12)19/h6-9H,16H2,1-5H3,(H,18,20). The SMILES string of the molecule is Cc1nc2cc(N)ccc2n1C(C)C(=O)NC(C)(C)C. The monoisotopic (exact) mass is 274 g/mol. The molecule has 0 saturated heterocycles. The van der Waals surface area contributed by atoms with Crippen LogP contribution in [0.1, 0.15) is 39.6 Å². The van der Waals surface area contributed by atoms with Gasteiger partial charge in [-0.2, -0.15) is 0 Å². The van der Waals surface area contributed by atoms with E-state index in [0.29, 0.717) is 5.69 Å². The van der Waals surface area contributed by atoms with Crippen LogP contribution in [0.5, 0.6) is 0 Å². The van der Waals surface area contributed by atoms with Crippen molar-refractivity contribution in [2.75, 3.05) is 5.73 Å². The minimum atomic E-state index is -0.317. The van der Waals surface area contributed by atoms with Gasteiger partial charge in [-0.25, -0.2) is 4.98 Å². The largest absolute Gasteiger partial charge is 0.399 e. The molecule has 0 aliphatic rings. The van der Waals surface area contributed by atoms with Crippen LogP contribution >= 0.6 is 0 Å². The van der Waals surface area contributed by atoms with Crippen molar-refractivity contribution >= 4 is 22.6 Å². The highest BCUT2D eigenvalue weighted by molar-refractivity contribution is 5.85. The number of aryl methyl sites for hydroxylation is 1. The van der Waals surface area contributed by atoms with Gasteiger partial charge in [-0.1, -0.05) is 0 Å². The number of aromatic nitrogens is 2. The van der Waals surface area contributed by atoms with Crippen molar-refractivity contribution in [3.63, 3.8) is 0 Å². The fourth-order valence-electron chi connectivity index (χ4n) is 2.32. The summed E-state index contributed by atoms with van der Waals surface area (Å²) < 4.78 is 1.94. The number of carbonyl (C=O) groups excluding carboxylic acids is 1. The van der Waals surface area contributed by atoms with E-state index in [1.54, 1.807) is 0 Å². The molecule has 0 aliphatic carbocycles. The van der Waals surface area contributed by atoms with Crippen molar-refractivity contribution in [3.8, 4) is 0 Å². The molecule has 1 unspecified atom stereocenters. The number of carbonyl (C=O) groups is 1. The summed E-state index contributed by atoms with van der Waals surface area (Å²) in [5.74, 6) is 0.791. The normalized spacial score (nSPS) is 13.4. The summed E-state index contributed by atoms with van der Waals surface area (Å²) in [5.41, 5.74) is 7.94. The summed E-state index contributed by atoms with van der Waals surface area (Å²) in [6, 6.07) is 5.25. The predicted octanol–water partition coefficient (Wildman–Crippen LogP) is 2.40. The molecule has 0 radical (unpaired) electrons. The molecule has 20 heavy (non-hydrogen) atoms. The third-order valence-corrected chi connectivity index (χ3v) is 3.15. The number of fused-ring (bicyclic) bond motifs is 1. The van der Waals surface area contributed by atoms with Crippen LogP contribution in [0.3, 0.4) is 0 Å². The molecular weight excluding hydrogens is 252 g/mol. The molecule has 5 nitrogen and oxygen atoms in total. The van der Waals surface area contributed by atoms with Crippen molar-refractivity contribution in [2.45, 2.75) is 46.2 Å². The van der Waals surface area contributed by atoms with Gasteiger partial charge in [-0.15, -0.1) is 0 Å². The minimum absolute atomic E-state index is 0.0169. The molecule has 1 aromatic carbocycles. The Labute approximate surface area is 119 Å². The van der Waals surface area contributed by atoms with Crippen LogP contribution in [-0.2, 0) is 4.79 Å². The maximum absolute atomic E-state index is 12.3. The molecule has 1 heterocycles. The molecule has 1 aromatic heterocycles. The van der Waals surface area contributed by atoms with Crippen molar-refractivity contribution in [1.82, 2.24) is 14.9 Å². The average Bonchev–Trinajstić information content (AvgIpc) is 2.60. The lowest BCUT2D eigenvalue weighted by molar-refractivity contribution is -0.125. The molecule has 0 spiro atoms. The van der Waals surface area contributed by atoms with Gasteiger partial charge in [0, 0.05) is 11.2 Å². The summed E-state index contributed by atoms with van der Waals surface area (Å²) in [7, 11) is 0. The molecule has 2 rings (SSSR count). The number of nitrogens with two attached hydrogens (primary N) is 1. The Balaban J connectivity index is 2.42. The van der Waals surface area contributed by atoms with Crippen molar-refractivity contribution < 1.29 is 4.79 Å².